The van der Waals surface area contributed by atoms with Crippen LogP contribution >= 0.6 is 22.9 Å². The molecule has 0 fully saturated rings. The van der Waals surface area contributed by atoms with Gasteiger partial charge in [-0.3, -0.25) is 0 Å². The maximum Gasteiger partial charge on any atom is 0.162 e. The molecular weight excluding hydrogens is 294 g/mol. The second-order valence-corrected chi connectivity index (χ2v) is 5.65. The summed E-state index contributed by atoms with van der Waals surface area (Å²) in [6.45, 7) is 4.05. The molecule has 1 heterocycles. The Balaban J connectivity index is 2.03. The standard InChI is InChI=1S/C15H18ClNO2S/c1-3-19-15-8-13(16)11(7-14(15)18-2)9-17-10-12-5-4-6-20-12/h4-8,17H,3,9-10H2,1-2H3. The van der Waals surface area contributed by atoms with Crippen LogP contribution in [0.4, 0.5) is 0 Å². The minimum absolute atomic E-state index is 0.586. The monoisotopic (exact) mass is 311 g/mol. The molecule has 0 spiro atoms. The van der Waals surface area contributed by atoms with Gasteiger partial charge in [-0.1, -0.05) is 17.7 Å². The normalized spacial score (nSPS) is 10.6. The van der Waals surface area contributed by atoms with Gasteiger partial charge in [0.2, 0.25) is 0 Å². The SMILES string of the molecule is CCOc1cc(Cl)c(CNCc2cccs2)cc1OC. The second kappa shape index (κ2) is 7.53. The van der Waals surface area contributed by atoms with Gasteiger partial charge >= 0.3 is 0 Å². The summed E-state index contributed by atoms with van der Waals surface area (Å²) in [7, 11) is 1.63. The van der Waals surface area contributed by atoms with Crippen LogP contribution in [-0.4, -0.2) is 13.7 Å². The smallest absolute Gasteiger partial charge is 0.162 e. The fraction of sp³-hybridized carbons (Fsp3) is 0.333. The van der Waals surface area contributed by atoms with Crippen LogP contribution in [0.3, 0.4) is 0 Å². The molecule has 2 aromatic rings. The van der Waals surface area contributed by atoms with E-state index < -0.39 is 0 Å². The van der Waals surface area contributed by atoms with Crippen molar-refractivity contribution in [1.82, 2.24) is 5.32 Å². The molecule has 1 aromatic heterocycles. The van der Waals surface area contributed by atoms with Crippen molar-refractivity contribution in [2.24, 2.45) is 0 Å². The molecule has 0 saturated heterocycles. The van der Waals surface area contributed by atoms with Crippen molar-refractivity contribution in [1.29, 1.82) is 0 Å². The molecule has 0 aliphatic heterocycles. The van der Waals surface area contributed by atoms with Crippen LogP contribution in [0.15, 0.2) is 29.6 Å². The number of halogens is 1. The van der Waals surface area contributed by atoms with Crippen molar-refractivity contribution < 1.29 is 9.47 Å². The van der Waals surface area contributed by atoms with Gasteiger partial charge in [-0.2, -0.15) is 0 Å². The van der Waals surface area contributed by atoms with Crippen LogP contribution in [0.1, 0.15) is 17.4 Å². The van der Waals surface area contributed by atoms with Gasteiger partial charge in [0.15, 0.2) is 11.5 Å². The van der Waals surface area contributed by atoms with Gasteiger partial charge in [-0.25, -0.2) is 0 Å². The Morgan fingerprint density at radius 3 is 2.75 bits per heavy atom. The fourth-order valence-corrected chi connectivity index (χ4v) is 2.77. The van der Waals surface area contributed by atoms with Crippen molar-refractivity contribution in [2.75, 3.05) is 13.7 Å². The fourth-order valence-electron chi connectivity index (χ4n) is 1.87. The van der Waals surface area contributed by atoms with Crippen LogP contribution in [0.25, 0.3) is 0 Å². The molecule has 5 heteroatoms. The van der Waals surface area contributed by atoms with E-state index in [0.29, 0.717) is 29.7 Å². The highest BCUT2D eigenvalue weighted by molar-refractivity contribution is 7.09. The number of ether oxygens (including phenoxy) is 2. The summed E-state index contributed by atoms with van der Waals surface area (Å²) in [6.07, 6.45) is 0. The van der Waals surface area contributed by atoms with E-state index in [-0.39, 0.29) is 0 Å². The molecule has 0 atom stereocenters. The molecule has 1 aromatic carbocycles. The summed E-state index contributed by atoms with van der Waals surface area (Å²) in [5, 5.41) is 6.14. The quantitative estimate of drug-likeness (QED) is 0.835. The summed E-state index contributed by atoms with van der Waals surface area (Å²) >= 11 is 8.02. The number of hydrogen-bond donors (Lipinski definition) is 1. The van der Waals surface area contributed by atoms with E-state index in [2.05, 4.69) is 22.8 Å². The minimum Gasteiger partial charge on any atom is -0.493 e. The molecule has 20 heavy (non-hydrogen) atoms. The molecule has 0 amide bonds. The lowest BCUT2D eigenvalue weighted by Gasteiger charge is -2.13. The number of rotatable bonds is 7. The van der Waals surface area contributed by atoms with Crippen molar-refractivity contribution in [3.05, 3.63) is 45.1 Å². The molecule has 0 aliphatic carbocycles. The molecule has 2 rings (SSSR count). The lowest BCUT2D eigenvalue weighted by atomic mass is 10.2. The molecule has 0 saturated carbocycles. The average molecular weight is 312 g/mol. The number of thiophene rings is 1. The zero-order valence-electron chi connectivity index (χ0n) is 11.6. The van der Waals surface area contributed by atoms with Gasteiger partial charge in [0.25, 0.3) is 0 Å². The summed E-state index contributed by atoms with van der Waals surface area (Å²) < 4.78 is 10.8. The number of methoxy groups -OCH3 is 1. The van der Waals surface area contributed by atoms with Crippen LogP contribution in [0.2, 0.25) is 5.02 Å². The van der Waals surface area contributed by atoms with Gasteiger partial charge in [0.05, 0.1) is 13.7 Å². The first-order valence-corrected chi connectivity index (χ1v) is 7.72. The summed E-state index contributed by atoms with van der Waals surface area (Å²) in [5.41, 5.74) is 1.00. The highest BCUT2D eigenvalue weighted by Gasteiger charge is 2.10. The number of hydrogen-bond acceptors (Lipinski definition) is 4. The van der Waals surface area contributed by atoms with Crippen LogP contribution in [0, 0.1) is 0 Å². The lowest BCUT2D eigenvalue weighted by molar-refractivity contribution is 0.310. The highest BCUT2D eigenvalue weighted by atomic mass is 35.5. The molecular formula is C15H18ClNO2S. The van der Waals surface area contributed by atoms with Gasteiger partial charge < -0.3 is 14.8 Å². The Kier molecular flexibility index (Phi) is 5.71. The van der Waals surface area contributed by atoms with E-state index in [0.717, 1.165) is 12.1 Å². The first kappa shape index (κ1) is 15.2. The maximum absolute atomic E-state index is 6.28. The molecule has 108 valence electrons. The van der Waals surface area contributed by atoms with Gasteiger partial charge in [-0.15, -0.1) is 11.3 Å². The Labute approximate surface area is 128 Å². The summed E-state index contributed by atoms with van der Waals surface area (Å²) in [6, 6.07) is 7.90. The third-order valence-corrected chi connectivity index (χ3v) is 4.06. The zero-order valence-corrected chi connectivity index (χ0v) is 13.2. The van der Waals surface area contributed by atoms with Crippen molar-refractivity contribution in [3.8, 4) is 11.5 Å². The van der Waals surface area contributed by atoms with E-state index >= 15 is 0 Å². The van der Waals surface area contributed by atoms with E-state index in [4.69, 9.17) is 21.1 Å². The van der Waals surface area contributed by atoms with Crippen molar-refractivity contribution >= 4 is 22.9 Å². The van der Waals surface area contributed by atoms with Gasteiger partial charge in [-0.05, 0) is 30.0 Å². The topological polar surface area (TPSA) is 30.5 Å². The van der Waals surface area contributed by atoms with Crippen LogP contribution < -0.4 is 14.8 Å². The average Bonchev–Trinajstić information content (AvgIpc) is 2.94. The minimum atomic E-state index is 0.586. The molecule has 0 aliphatic rings. The molecule has 1 N–H and O–H groups in total. The van der Waals surface area contributed by atoms with Crippen molar-refractivity contribution in [2.45, 2.75) is 20.0 Å². The second-order valence-electron chi connectivity index (χ2n) is 4.21. The molecule has 0 bridgehead atoms. The zero-order chi connectivity index (χ0) is 14.4. The largest absolute Gasteiger partial charge is 0.493 e. The first-order chi connectivity index (χ1) is 9.74. The Hall–Kier alpha value is -1.23. The van der Waals surface area contributed by atoms with Crippen LogP contribution in [0.5, 0.6) is 11.5 Å². The predicted molar refractivity (Wildman–Crippen MR) is 84.0 cm³/mol. The number of benzene rings is 1. The summed E-state index contributed by atoms with van der Waals surface area (Å²) in [4.78, 5) is 1.30. The van der Waals surface area contributed by atoms with E-state index in [1.165, 1.54) is 4.88 Å². The molecule has 0 radical (unpaired) electrons. The maximum atomic E-state index is 6.28. The highest BCUT2D eigenvalue weighted by Crippen LogP contribution is 2.33. The third-order valence-electron chi connectivity index (χ3n) is 2.83. The van der Waals surface area contributed by atoms with E-state index in [1.807, 2.05) is 19.1 Å². The lowest BCUT2D eigenvalue weighted by Crippen LogP contribution is -2.12. The Bertz CT molecular complexity index is 543. The van der Waals surface area contributed by atoms with Crippen LogP contribution in [-0.2, 0) is 13.1 Å². The van der Waals surface area contributed by atoms with Crippen molar-refractivity contribution in [3.63, 3.8) is 0 Å². The van der Waals surface area contributed by atoms with E-state index in [1.54, 1.807) is 18.4 Å². The van der Waals surface area contributed by atoms with Gasteiger partial charge in [0, 0.05) is 29.1 Å². The third kappa shape index (κ3) is 3.88. The number of nitrogens with one attached hydrogen (secondary N) is 1. The first-order valence-electron chi connectivity index (χ1n) is 6.47. The molecule has 3 nitrogen and oxygen atoms in total. The summed E-state index contributed by atoms with van der Waals surface area (Å²) in [5.74, 6) is 1.39. The van der Waals surface area contributed by atoms with Gasteiger partial charge in [0.1, 0.15) is 0 Å². The van der Waals surface area contributed by atoms with E-state index in [9.17, 15) is 0 Å². The predicted octanol–water partition coefficient (Wildman–Crippen LogP) is 4.10. The molecule has 0 unspecified atom stereocenters. The Morgan fingerprint density at radius 1 is 1.25 bits per heavy atom. The Morgan fingerprint density at radius 2 is 2.10 bits per heavy atom.